The Balaban J connectivity index is 1.48. The number of rotatable bonds is 4. The monoisotopic (exact) mass is 541 g/mol. The number of nitrogens with zero attached hydrogens (tertiary/aromatic N) is 1. The predicted octanol–water partition coefficient (Wildman–Crippen LogP) is 11.8. The van der Waals surface area contributed by atoms with Gasteiger partial charge in [0.15, 0.2) is 0 Å². The van der Waals surface area contributed by atoms with Gasteiger partial charge in [-0.1, -0.05) is 109 Å². The first kappa shape index (κ1) is 23.9. The molecule has 0 saturated carbocycles. The molecule has 0 saturated heterocycles. The summed E-state index contributed by atoms with van der Waals surface area (Å²) in [5.41, 5.74) is 7.24. The molecule has 1 nitrogen and oxygen atoms in total. The highest BCUT2D eigenvalue weighted by Gasteiger charge is 2.22. The van der Waals surface area contributed by atoms with E-state index in [0.717, 1.165) is 5.69 Å². The first-order valence-corrected chi connectivity index (χ1v) is 14.8. The minimum absolute atomic E-state index is 1.16. The van der Waals surface area contributed by atoms with Crippen molar-refractivity contribution in [2.24, 2.45) is 0 Å². The molecule has 0 aliphatic rings. The molecule has 0 unspecified atom stereocenters. The van der Waals surface area contributed by atoms with Gasteiger partial charge in [-0.15, -0.1) is 11.3 Å². The summed E-state index contributed by atoms with van der Waals surface area (Å²) in [6, 6.07) is 53.2. The molecule has 2 heteroatoms. The van der Waals surface area contributed by atoms with Crippen molar-refractivity contribution < 1.29 is 0 Å². The van der Waals surface area contributed by atoms with Crippen LogP contribution in [0.1, 0.15) is 5.56 Å². The van der Waals surface area contributed by atoms with Gasteiger partial charge in [-0.3, -0.25) is 0 Å². The van der Waals surface area contributed by atoms with E-state index in [9.17, 15) is 0 Å². The van der Waals surface area contributed by atoms with Gasteiger partial charge in [0.05, 0.1) is 16.1 Å². The molecule has 0 radical (unpaired) electrons. The second-order valence-corrected chi connectivity index (χ2v) is 11.7. The highest BCUT2D eigenvalue weighted by atomic mass is 32.1. The van der Waals surface area contributed by atoms with Crippen molar-refractivity contribution in [3.63, 3.8) is 0 Å². The van der Waals surface area contributed by atoms with E-state index in [2.05, 4.69) is 157 Å². The van der Waals surface area contributed by atoms with Gasteiger partial charge in [0.1, 0.15) is 0 Å². The highest BCUT2D eigenvalue weighted by molar-refractivity contribution is 7.26. The number of hydrogen-bond donors (Lipinski definition) is 0. The van der Waals surface area contributed by atoms with E-state index in [0.29, 0.717) is 0 Å². The molecule has 0 amide bonds. The summed E-state index contributed by atoms with van der Waals surface area (Å²) in [5, 5.41) is 7.60. The van der Waals surface area contributed by atoms with Gasteiger partial charge in [-0.25, -0.2) is 0 Å². The molecule has 7 aromatic carbocycles. The fourth-order valence-corrected chi connectivity index (χ4v) is 7.38. The minimum atomic E-state index is 1.16. The van der Waals surface area contributed by atoms with Gasteiger partial charge in [-0.05, 0) is 76.0 Å². The largest absolute Gasteiger partial charge is 0.308 e. The molecule has 8 rings (SSSR count). The van der Waals surface area contributed by atoms with Crippen molar-refractivity contribution in [1.29, 1.82) is 0 Å². The van der Waals surface area contributed by atoms with Crippen molar-refractivity contribution in [3.05, 3.63) is 151 Å². The lowest BCUT2D eigenvalue weighted by atomic mass is 9.93. The van der Waals surface area contributed by atoms with Gasteiger partial charge in [0.2, 0.25) is 0 Å². The van der Waals surface area contributed by atoms with Crippen LogP contribution in [0.2, 0.25) is 0 Å². The molecule has 8 aromatic rings. The van der Waals surface area contributed by atoms with E-state index in [1.807, 2.05) is 11.3 Å². The van der Waals surface area contributed by atoms with Crippen LogP contribution in [-0.2, 0) is 0 Å². The number of fused-ring (bicyclic) bond motifs is 5. The average molecular weight is 542 g/mol. The van der Waals surface area contributed by atoms with Crippen molar-refractivity contribution in [2.75, 3.05) is 4.90 Å². The maximum absolute atomic E-state index is 2.47. The fourth-order valence-electron chi connectivity index (χ4n) is 6.18. The van der Waals surface area contributed by atoms with Crippen LogP contribution in [0.3, 0.4) is 0 Å². The Bertz CT molecular complexity index is 2240. The number of anilines is 3. The van der Waals surface area contributed by atoms with Crippen LogP contribution in [0.4, 0.5) is 17.1 Å². The Hall–Kier alpha value is -4.92. The third kappa shape index (κ3) is 3.99. The van der Waals surface area contributed by atoms with Crippen LogP contribution in [-0.4, -0.2) is 0 Å². The Kier molecular flexibility index (Phi) is 5.61. The Morgan fingerprint density at radius 1 is 0.488 bits per heavy atom. The average Bonchev–Trinajstić information content (AvgIpc) is 3.40. The lowest BCUT2D eigenvalue weighted by molar-refractivity contribution is 1.29. The second kappa shape index (κ2) is 9.62. The predicted molar refractivity (Wildman–Crippen MR) is 179 cm³/mol. The minimum Gasteiger partial charge on any atom is -0.308 e. The molecule has 0 N–H and O–H groups in total. The van der Waals surface area contributed by atoms with E-state index in [-0.39, 0.29) is 0 Å². The maximum atomic E-state index is 2.47. The van der Waals surface area contributed by atoms with Crippen LogP contribution in [0.25, 0.3) is 52.8 Å². The van der Waals surface area contributed by atoms with E-state index in [1.165, 1.54) is 69.8 Å². The Morgan fingerprint density at radius 2 is 1.20 bits per heavy atom. The molecule has 194 valence electrons. The van der Waals surface area contributed by atoms with Gasteiger partial charge < -0.3 is 4.90 Å². The molecule has 1 heterocycles. The van der Waals surface area contributed by atoms with E-state index < -0.39 is 0 Å². The summed E-state index contributed by atoms with van der Waals surface area (Å²) in [5.74, 6) is 0. The maximum Gasteiger partial charge on any atom is 0.0640 e. The molecule has 41 heavy (non-hydrogen) atoms. The van der Waals surface area contributed by atoms with Crippen LogP contribution in [0.15, 0.2) is 146 Å². The van der Waals surface area contributed by atoms with Crippen LogP contribution in [0.5, 0.6) is 0 Å². The SMILES string of the molecule is Cc1cccc(N(c2ccc3ccccc3c2-c2ccc3ccccc3c2)c2cccc3c2sc2ccccc23)c1. The Morgan fingerprint density at radius 3 is 2.07 bits per heavy atom. The van der Waals surface area contributed by atoms with Crippen molar-refractivity contribution in [3.8, 4) is 11.1 Å². The van der Waals surface area contributed by atoms with Crippen LogP contribution in [0, 0.1) is 6.92 Å². The molecular weight excluding hydrogens is 515 g/mol. The molecule has 0 aliphatic carbocycles. The molecule has 0 aliphatic heterocycles. The lowest BCUT2D eigenvalue weighted by Crippen LogP contribution is -2.12. The standard InChI is InChI=1S/C39H27NS/c1-26-10-8-14-31(24-26)40(36-18-9-17-34-33-16-6-7-19-37(33)41-39(34)36)35-23-22-28-12-4-5-15-32(28)38(35)30-21-20-27-11-2-3-13-29(27)25-30/h2-25H,1H3. The third-order valence-electron chi connectivity index (χ3n) is 8.07. The fraction of sp³-hybridized carbons (Fsp3) is 0.0256. The van der Waals surface area contributed by atoms with E-state index >= 15 is 0 Å². The van der Waals surface area contributed by atoms with Gasteiger partial charge in [0, 0.05) is 26.7 Å². The van der Waals surface area contributed by atoms with Crippen molar-refractivity contribution >= 4 is 70.1 Å². The molecule has 0 atom stereocenters. The topological polar surface area (TPSA) is 3.24 Å². The van der Waals surface area contributed by atoms with Crippen molar-refractivity contribution in [2.45, 2.75) is 6.92 Å². The quantitative estimate of drug-likeness (QED) is 0.214. The molecule has 0 fully saturated rings. The third-order valence-corrected chi connectivity index (χ3v) is 9.28. The summed E-state index contributed by atoms with van der Waals surface area (Å²) in [6.45, 7) is 2.17. The molecule has 0 spiro atoms. The van der Waals surface area contributed by atoms with E-state index in [1.54, 1.807) is 0 Å². The number of hydrogen-bond acceptors (Lipinski definition) is 2. The number of thiophene rings is 1. The van der Waals surface area contributed by atoms with Crippen molar-refractivity contribution in [1.82, 2.24) is 0 Å². The summed E-state index contributed by atoms with van der Waals surface area (Å²) < 4.78 is 2.61. The summed E-state index contributed by atoms with van der Waals surface area (Å²) in [7, 11) is 0. The summed E-state index contributed by atoms with van der Waals surface area (Å²) in [4.78, 5) is 2.47. The zero-order chi connectivity index (χ0) is 27.3. The number of aryl methyl sites for hydroxylation is 1. The first-order valence-electron chi connectivity index (χ1n) is 14.0. The highest BCUT2D eigenvalue weighted by Crippen LogP contribution is 2.49. The molecule has 0 bridgehead atoms. The van der Waals surface area contributed by atoms with Gasteiger partial charge >= 0.3 is 0 Å². The first-order chi connectivity index (χ1) is 20.2. The summed E-state index contributed by atoms with van der Waals surface area (Å²) in [6.07, 6.45) is 0. The van der Waals surface area contributed by atoms with E-state index in [4.69, 9.17) is 0 Å². The second-order valence-electron chi connectivity index (χ2n) is 10.7. The lowest BCUT2D eigenvalue weighted by Gasteiger charge is -2.29. The molecule has 1 aromatic heterocycles. The zero-order valence-electron chi connectivity index (χ0n) is 22.7. The van der Waals surface area contributed by atoms with Gasteiger partial charge in [0.25, 0.3) is 0 Å². The zero-order valence-corrected chi connectivity index (χ0v) is 23.5. The van der Waals surface area contributed by atoms with Crippen LogP contribution >= 0.6 is 11.3 Å². The smallest absolute Gasteiger partial charge is 0.0640 e. The Labute approximate surface area is 243 Å². The molecular formula is C39H27NS. The van der Waals surface area contributed by atoms with Gasteiger partial charge in [-0.2, -0.15) is 0 Å². The normalized spacial score (nSPS) is 11.5. The number of benzene rings is 7. The van der Waals surface area contributed by atoms with Crippen LogP contribution < -0.4 is 4.90 Å². The summed E-state index contributed by atoms with van der Waals surface area (Å²) >= 11 is 1.88.